The molecule has 0 bridgehead atoms. The number of hydrogen-bond donors (Lipinski definition) is 0. The maximum absolute atomic E-state index is 11.0. The molecule has 1 radical (unpaired) electrons. The predicted molar refractivity (Wildman–Crippen MR) is 45.0 cm³/mol. The number of rotatable bonds is 0. The highest BCUT2D eigenvalue weighted by Crippen LogP contribution is 2.21. The first kappa shape index (κ1) is 8.57. The summed E-state index contributed by atoms with van der Waals surface area (Å²) in [6.07, 6.45) is 3.50. The molecule has 1 rings (SSSR count). The molecule has 2 nitrogen and oxygen atoms in total. The van der Waals surface area contributed by atoms with Gasteiger partial charge in [0.2, 0.25) is 5.91 Å². The van der Waals surface area contributed by atoms with Crippen LogP contribution in [0.1, 0.15) is 33.1 Å². The fraction of sp³-hybridized carbons (Fsp3) is 0.778. The Morgan fingerprint density at radius 2 is 1.82 bits per heavy atom. The molecule has 0 aromatic rings. The number of nitrogens with zero attached hydrogens (tertiary/aromatic N) is 1. The van der Waals surface area contributed by atoms with Crippen molar-refractivity contribution in [3.8, 4) is 0 Å². The molecule has 1 amide bonds. The standard InChI is InChI=1S/C9H16NO/c1-7-5-4-6-8(2)10(7)9(3)11/h7-8H,3-6H2,1-2H3. The van der Waals surface area contributed by atoms with Gasteiger partial charge in [-0.05, 0) is 33.1 Å². The van der Waals surface area contributed by atoms with Crippen LogP contribution in [-0.2, 0) is 4.79 Å². The van der Waals surface area contributed by atoms with E-state index in [4.69, 9.17) is 0 Å². The monoisotopic (exact) mass is 154 g/mol. The molecule has 0 saturated carbocycles. The first-order valence-electron chi connectivity index (χ1n) is 4.27. The first-order chi connectivity index (χ1) is 5.13. The number of amides is 1. The lowest BCUT2D eigenvalue weighted by atomic mass is 9.98. The Balaban J connectivity index is 2.62. The predicted octanol–water partition coefficient (Wildman–Crippen LogP) is 1.61. The molecular formula is C9H16NO. The van der Waals surface area contributed by atoms with Crippen molar-refractivity contribution in [2.75, 3.05) is 0 Å². The van der Waals surface area contributed by atoms with Crippen LogP contribution in [0.25, 0.3) is 0 Å². The van der Waals surface area contributed by atoms with E-state index in [-0.39, 0.29) is 5.91 Å². The Morgan fingerprint density at radius 1 is 1.36 bits per heavy atom. The summed E-state index contributed by atoms with van der Waals surface area (Å²) in [6, 6.07) is 0.785. The van der Waals surface area contributed by atoms with E-state index in [1.165, 1.54) is 6.42 Å². The molecule has 1 heterocycles. The molecular weight excluding hydrogens is 138 g/mol. The summed E-state index contributed by atoms with van der Waals surface area (Å²) in [5.74, 6) is -0.0234. The van der Waals surface area contributed by atoms with Crippen LogP contribution >= 0.6 is 0 Å². The molecule has 0 aromatic carbocycles. The van der Waals surface area contributed by atoms with Crippen molar-refractivity contribution >= 4 is 5.91 Å². The largest absolute Gasteiger partial charge is 0.337 e. The lowest BCUT2D eigenvalue weighted by Crippen LogP contribution is -2.46. The molecule has 0 N–H and O–H groups in total. The topological polar surface area (TPSA) is 20.3 Å². The molecule has 0 spiro atoms. The van der Waals surface area contributed by atoms with Crippen molar-refractivity contribution in [2.45, 2.75) is 45.2 Å². The number of hydrogen-bond acceptors (Lipinski definition) is 1. The van der Waals surface area contributed by atoms with E-state index in [2.05, 4.69) is 20.8 Å². The van der Waals surface area contributed by atoms with Crippen LogP contribution in [0.4, 0.5) is 0 Å². The number of likely N-dealkylation sites (tertiary alicyclic amines) is 1. The summed E-state index contributed by atoms with van der Waals surface area (Å²) in [7, 11) is 0. The minimum Gasteiger partial charge on any atom is -0.337 e. The zero-order valence-corrected chi connectivity index (χ0v) is 7.34. The number of carbonyl (C=O) groups excluding carboxylic acids is 1. The van der Waals surface area contributed by atoms with Crippen molar-refractivity contribution in [3.63, 3.8) is 0 Å². The van der Waals surface area contributed by atoms with Gasteiger partial charge in [-0.3, -0.25) is 4.79 Å². The zero-order valence-electron chi connectivity index (χ0n) is 7.34. The zero-order chi connectivity index (χ0) is 8.43. The second-order valence-corrected chi connectivity index (χ2v) is 3.43. The highest BCUT2D eigenvalue weighted by Gasteiger charge is 2.26. The van der Waals surface area contributed by atoms with E-state index < -0.39 is 0 Å². The molecule has 11 heavy (non-hydrogen) atoms. The second-order valence-electron chi connectivity index (χ2n) is 3.43. The fourth-order valence-electron chi connectivity index (χ4n) is 1.91. The van der Waals surface area contributed by atoms with E-state index in [0.717, 1.165) is 12.8 Å². The Morgan fingerprint density at radius 3 is 2.09 bits per heavy atom. The molecule has 2 atom stereocenters. The van der Waals surface area contributed by atoms with Gasteiger partial charge in [0.1, 0.15) is 0 Å². The van der Waals surface area contributed by atoms with Crippen LogP contribution < -0.4 is 0 Å². The van der Waals surface area contributed by atoms with Crippen molar-refractivity contribution in [1.29, 1.82) is 0 Å². The Bertz CT molecular complexity index is 146. The minimum atomic E-state index is -0.0234. The third kappa shape index (κ3) is 1.73. The average molecular weight is 154 g/mol. The maximum atomic E-state index is 11.0. The summed E-state index contributed by atoms with van der Waals surface area (Å²) in [6.45, 7) is 7.64. The fourth-order valence-corrected chi connectivity index (χ4v) is 1.91. The van der Waals surface area contributed by atoms with Crippen LogP contribution in [0.5, 0.6) is 0 Å². The summed E-state index contributed by atoms with van der Waals surface area (Å²) < 4.78 is 0. The van der Waals surface area contributed by atoms with Gasteiger partial charge >= 0.3 is 0 Å². The Hall–Kier alpha value is -0.530. The van der Waals surface area contributed by atoms with Crippen molar-refractivity contribution in [3.05, 3.63) is 6.92 Å². The molecule has 63 valence electrons. The molecule has 2 heteroatoms. The molecule has 2 unspecified atom stereocenters. The SMILES string of the molecule is [CH2]C(=O)N1C(C)CCCC1C. The third-order valence-electron chi connectivity index (χ3n) is 2.48. The van der Waals surface area contributed by atoms with Crippen LogP contribution in [0.15, 0.2) is 0 Å². The molecule has 0 aromatic heterocycles. The highest BCUT2D eigenvalue weighted by molar-refractivity contribution is 5.80. The van der Waals surface area contributed by atoms with Gasteiger partial charge in [-0.25, -0.2) is 0 Å². The quantitative estimate of drug-likeness (QED) is 0.519. The molecule has 1 fully saturated rings. The van der Waals surface area contributed by atoms with Gasteiger partial charge in [-0.2, -0.15) is 0 Å². The van der Waals surface area contributed by atoms with Crippen LogP contribution in [0, 0.1) is 6.92 Å². The van der Waals surface area contributed by atoms with Gasteiger partial charge in [0.15, 0.2) is 0 Å². The molecule has 1 saturated heterocycles. The summed E-state index contributed by atoms with van der Waals surface area (Å²) in [4.78, 5) is 12.9. The van der Waals surface area contributed by atoms with E-state index in [1.807, 2.05) is 4.90 Å². The van der Waals surface area contributed by atoms with Gasteiger partial charge in [-0.15, -0.1) is 0 Å². The van der Waals surface area contributed by atoms with Crippen LogP contribution in [0.2, 0.25) is 0 Å². The maximum Gasteiger partial charge on any atom is 0.223 e. The molecule has 1 aliphatic rings. The van der Waals surface area contributed by atoms with Gasteiger partial charge < -0.3 is 4.90 Å². The van der Waals surface area contributed by atoms with E-state index >= 15 is 0 Å². The van der Waals surface area contributed by atoms with Crippen molar-refractivity contribution in [1.82, 2.24) is 4.90 Å². The van der Waals surface area contributed by atoms with Crippen molar-refractivity contribution in [2.24, 2.45) is 0 Å². The highest BCUT2D eigenvalue weighted by atomic mass is 16.2. The van der Waals surface area contributed by atoms with Gasteiger partial charge in [0.05, 0.1) is 0 Å². The summed E-state index contributed by atoms with van der Waals surface area (Å²) >= 11 is 0. The van der Waals surface area contributed by atoms with E-state index in [9.17, 15) is 4.79 Å². The molecule has 1 aliphatic heterocycles. The third-order valence-corrected chi connectivity index (χ3v) is 2.48. The smallest absolute Gasteiger partial charge is 0.223 e. The average Bonchev–Trinajstić information content (AvgIpc) is 1.85. The van der Waals surface area contributed by atoms with E-state index in [0.29, 0.717) is 12.1 Å². The number of carbonyl (C=O) groups is 1. The lowest BCUT2D eigenvalue weighted by Gasteiger charge is -2.38. The Labute approximate surface area is 68.6 Å². The second kappa shape index (κ2) is 3.24. The van der Waals surface area contributed by atoms with E-state index in [1.54, 1.807) is 0 Å². The van der Waals surface area contributed by atoms with Crippen LogP contribution in [-0.4, -0.2) is 22.9 Å². The van der Waals surface area contributed by atoms with Crippen molar-refractivity contribution < 1.29 is 4.79 Å². The first-order valence-corrected chi connectivity index (χ1v) is 4.27. The van der Waals surface area contributed by atoms with Crippen LogP contribution in [0.3, 0.4) is 0 Å². The van der Waals surface area contributed by atoms with Gasteiger partial charge in [0, 0.05) is 19.0 Å². The normalized spacial score (nSPS) is 32.1. The van der Waals surface area contributed by atoms with Gasteiger partial charge in [0.25, 0.3) is 0 Å². The number of piperidine rings is 1. The summed E-state index contributed by atoms with van der Waals surface area (Å²) in [5, 5.41) is 0. The molecule has 0 aliphatic carbocycles. The minimum absolute atomic E-state index is 0.0234. The van der Waals surface area contributed by atoms with Gasteiger partial charge in [-0.1, -0.05) is 0 Å². The Kier molecular flexibility index (Phi) is 2.53. The summed E-state index contributed by atoms with van der Waals surface area (Å²) in [5.41, 5.74) is 0. The lowest BCUT2D eigenvalue weighted by molar-refractivity contribution is -0.132.